The van der Waals surface area contributed by atoms with E-state index in [1.165, 1.54) is 0 Å². The molecule has 21 heavy (non-hydrogen) atoms. The Hall–Kier alpha value is -2.43. The summed E-state index contributed by atoms with van der Waals surface area (Å²) in [4.78, 5) is 20.9. The van der Waals surface area contributed by atoms with E-state index in [0.29, 0.717) is 13.0 Å². The summed E-state index contributed by atoms with van der Waals surface area (Å²) < 4.78 is 3.94. The first-order valence-corrected chi connectivity index (χ1v) is 7.19. The summed E-state index contributed by atoms with van der Waals surface area (Å²) in [7, 11) is 0. The maximum Gasteiger partial charge on any atom is 0.160 e. The third-order valence-corrected chi connectivity index (χ3v) is 3.50. The second-order valence-corrected chi connectivity index (χ2v) is 5.11. The van der Waals surface area contributed by atoms with Gasteiger partial charge >= 0.3 is 0 Å². The van der Waals surface area contributed by atoms with Gasteiger partial charge in [0.05, 0.1) is 30.3 Å². The molecule has 0 radical (unpaired) electrons. The van der Waals surface area contributed by atoms with Crippen LogP contribution >= 0.6 is 0 Å². The lowest BCUT2D eigenvalue weighted by molar-refractivity contribution is -0.119. The zero-order valence-electron chi connectivity index (χ0n) is 12.1. The van der Waals surface area contributed by atoms with Crippen LogP contribution in [0.1, 0.15) is 19.2 Å². The van der Waals surface area contributed by atoms with Crippen LogP contribution < -0.4 is 0 Å². The molecule has 0 aliphatic carbocycles. The van der Waals surface area contributed by atoms with Gasteiger partial charge in [0.15, 0.2) is 5.78 Å². The Morgan fingerprint density at radius 2 is 2.05 bits per heavy atom. The first kappa shape index (κ1) is 13.5. The molecule has 0 unspecified atom stereocenters. The largest absolute Gasteiger partial charge is 0.335 e. The molecule has 1 aromatic carbocycles. The molecule has 0 N–H and O–H groups in total. The predicted molar refractivity (Wildman–Crippen MR) is 81.0 cm³/mol. The van der Waals surface area contributed by atoms with Crippen LogP contribution in [0.4, 0.5) is 0 Å². The smallest absolute Gasteiger partial charge is 0.160 e. The fourth-order valence-electron chi connectivity index (χ4n) is 2.51. The molecule has 0 bridgehead atoms. The van der Waals surface area contributed by atoms with E-state index in [1.54, 1.807) is 12.5 Å². The van der Waals surface area contributed by atoms with Crippen molar-refractivity contribution in [3.8, 4) is 0 Å². The molecule has 2 heterocycles. The number of hydrogen-bond acceptors (Lipinski definition) is 3. The van der Waals surface area contributed by atoms with Crippen LogP contribution in [0.3, 0.4) is 0 Å². The number of Topliss-reactive ketones (excluding diaryl/α,β-unsaturated/α-hetero) is 1. The van der Waals surface area contributed by atoms with Crippen molar-refractivity contribution in [2.24, 2.45) is 0 Å². The van der Waals surface area contributed by atoms with E-state index >= 15 is 0 Å². The highest BCUT2D eigenvalue weighted by atomic mass is 16.1. The minimum atomic E-state index is 0.140. The average Bonchev–Trinajstić information content (AvgIpc) is 3.08. The first-order valence-electron chi connectivity index (χ1n) is 7.19. The number of para-hydroxylation sites is 2. The Kier molecular flexibility index (Phi) is 3.81. The van der Waals surface area contributed by atoms with Crippen LogP contribution in [-0.2, 0) is 24.3 Å². The van der Waals surface area contributed by atoms with E-state index in [1.807, 2.05) is 39.6 Å². The van der Waals surface area contributed by atoms with Crippen molar-refractivity contribution < 1.29 is 4.79 Å². The average molecular weight is 282 g/mol. The summed E-state index contributed by atoms with van der Waals surface area (Å²) in [5.74, 6) is 0.980. The van der Waals surface area contributed by atoms with Gasteiger partial charge in [-0.15, -0.1) is 0 Å². The highest BCUT2D eigenvalue weighted by Gasteiger charge is 2.11. The van der Waals surface area contributed by atoms with Crippen molar-refractivity contribution >= 4 is 16.8 Å². The number of carbonyl (C=O) groups excluding carboxylic acids is 1. The minimum absolute atomic E-state index is 0.140. The van der Waals surface area contributed by atoms with Gasteiger partial charge in [-0.05, 0) is 18.6 Å². The van der Waals surface area contributed by atoms with Crippen LogP contribution in [0.5, 0.6) is 0 Å². The van der Waals surface area contributed by atoms with Crippen molar-refractivity contribution in [3.63, 3.8) is 0 Å². The number of hydrogen-bond donors (Lipinski definition) is 0. The monoisotopic (exact) mass is 282 g/mol. The van der Waals surface area contributed by atoms with Gasteiger partial charge in [0.25, 0.3) is 0 Å². The fourth-order valence-corrected chi connectivity index (χ4v) is 2.51. The van der Waals surface area contributed by atoms with Gasteiger partial charge in [0.2, 0.25) is 0 Å². The van der Waals surface area contributed by atoms with E-state index < -0.39 is 0 Å². The van der Waals surface area contributed by atoms with Gasteiger partial charge in [0, 0.05) is 18.9 Å². The van der Waals surface area contributed by atoms with E-state index in [2.05, 4.69) is 16.9 Å². The second-order valence-electron chi connectivity index (χ2n) is 5.11. The van der Waals surface area contributed by atoms with Crippen molar-refractivity contribution in [3.05, 3.63) is 48.8 Å². The quantitative estimate of drug-likeness (QED) is 0.698. The summed E-state index contributed by atoms with van der Waals surface area (Å²) >= 11 is 0. The third-order valence-electron chi connectivity index (χ3n) is 3.50. The molecule has 0 spiro atoms. The summed E-state index contributed by atoms with van der Waals surface area (Å²) in [5, 5.41) is 0. The summed E-state index contributed by atoms with van der Waals surface area (Å²) in [5.41, 5.74) is 1.90. The first-order chi connectivity index (χ1) is 10.3. The number of benzene rings is 1. The van der Waals surface area contributed by atoms with Crippen molar-refractivity contribution in [2.75, 3.05) is 0 Å². The molecule has 3 aromatic rings. The SMILES string of the molecule is CCCn1ccnc1CC(=O)Cn1cnc2ccccc21. The molecule has 2 aromatic heterocycles. The van der Waals surface area contributed by atoms with Crippen LogP contribution in [-0.4, -0.2) is 24.9 Å². The van der Waals surface area contributed by atoms with Gasteiger partial charge in [-0.3, -0.25) is 4.79 Å². The van der Waals surface area contributed by atoms with Crippen LogP contribution in [0, 0.1) is 0 Å². The lowest BCUT2D eigenvalue weighted by atomic mass is 10.2. The number of fused-ring (bicyclic) bond motifs is 1. The molecular weight excluding hydrogens is 264 g/mol. The fraction of sp³-hybridized carbons (Fsp3) is 0.312. The van der Waals surface area contributed by atoms with Gasteiger partial charge in [-0.2, -0.15) is 0 Å². The summed E-state index contributed by atoms with van der Waals surface area (Å²) in [6.45, 7) is 3.35. The Morgan fingerprint density at radius 3 is 2.90 bits per heavy atom. The van der Waals surface area contributed by atoms with Gasteiger partial charge in [-0.25, -0.2) is 9.97 Å². The maximum absolute atomic E-state index is 12.3. The van der Waals surface area contributed by atoms with Gasteiger partial charge in [-0.1, -0.05) is 19.1 Å². The molecule has 0 aliphatic heterocycles. The molecule has 0 saturated heterocycles. The third kappa shape index (κ3) is 2.86. The van der Waals surface area contributed by atoms with E-state index in [0.717, 1.165) is 29.8 Å². The van der Waals surface area contributed by atoms with Crippen molar-refractivity contribution in [1.82, 2.24) is 19.1 Å². The molecule has 0 aliphatic rings. The van der Waals surface area contributed by atoms with E-state index in [4.69, 9.17) is 0 Å². The zero-order chi connectivity index (χ0) is 14.7. The molecule has 5 nitrogen and oxygen atoms in total. The van der Waals surface area contributed by atoms with Crippen molar-refractivity contribution in [2.45, 2.75) is 32.9 Å². The second kappa shape index (κ2) is 5.91. The molecule has 0 atom stereocenters. The topological polar surface area (TPSA) is 52.7 Å². The standard InChI is InChI=1S/C16H18N4O/c1-2-8-19-9-7-17-16(19)10-13(21)11-20-12-18-14-5-3-4-6-15(14)20/h3-7,9,12H,2,8,10-11H2,1H3. The predicted octanol–water partition coefficient (Wildman–Crippen LogP) is 2.45. The molecule has 0 fully saturated rings. The van der Waals surface area contributed by atoms with Gasteiger partial charge < -0.3 is 9.13 Å². The molecular formula is C16H18N4O. The Balaban J connectivity index is 1.73. The normalized spacial score (nSPS) is 11.1. The Morgan fingerprint density at radius 1 is 1.19 bits per heavy atom. The zero-order valence-corrected chi connectivity index (χ0v) is 12.1. The van der Waals surface area contributed by atoms with E-state index in [-0.39, 0.29) is 5.78 Å². The summed E-state index contributed by atoms with van der Waals surface area (Å²) in [6.07, 6.45) is 6.80. The Bertz CT molecular complexity index is 756. The van der Waals surface area contributed by atoms with E-state index in [9.17, 15) is 4.79 Å². The lowest BCUT2D eigenvalue weighted by Gasteiger charge is -2.06. The number of rotatable bonds is 6. The maximum atomic E-state index is 12.3. The number of aryl methyl sites for hydroxylation is 1. The minimum Gasteiger partial charge on any atom is -0.335 e. The molecule has 0 amide bonds. The highest BCUT2D eigenvalue weighted by molar-refractivity contribution is 5.83. The number of imidazole rings is 2. The number of nitrogens with zero attached hydrogens (tertiary/aromatic N) is 4. The molecule has 0 saturated carbocycles. The van der Waals surface area contributed by atoms with Crippen LogP contribution in [0.2, 0.25) is 0 Å². The number of carbonyl (C=O) groups is 1. The Labute approximate surface area is 123 Å². The van der Waals surface area contributed by atoms with Crippen LogP contribution in [0.25, 0.3) is 11.0 Å². The lowest BCUT2D eigenvalue weighted by Crippen LogP contribution is -2.15. The van der Waals surface area contributed by atoms with Crippen molar-refractivity contribution in [1.29, 1.82) is 0 Å². The number of aromatic nitrogens is 4. The highest BCUT2D eigenvalue weighted by Crippen LogP contribution is 2.12. The van der Waals surface area contributed by atoms with Gasteiger partial charge in [0.1, 0.15) is 5.82 Å². The van der Waals surface area contributed by atoms with Crippen LogP contribution in [0.15, 0.2) is 43.0 Å². The number of ketones is 1. The molecule has 108 valence electrons. The summed E-state index contributed by atoms with van der Waals surface area (Å²) in [6, 6.07) is 7.83. The molecule has 3 rings (SSSR count). The molecule has 5 heteroatoms.